The molecule has 0 heterocycles. The maximum atomic E-state index is 15.1. The third kappa shape index (κ3) is 5.10. The molecule has 0 bridgehead atoms. The Balaban J connectivity index is 1.47. The summed E-state index contributed by atoms with van der Waals surface area (Å²) in [5.74, 6) is -0.0243. The number of carboxylic acids is 1. The first kappa shape index (κ1) is 28.2. The molecule has 3 atom stereocenters. The molecule has 0 amide bonds. The number of hydrogen-bond donors (Lipinski definition) is 1. The van der Waals surface area contributed by atoms with Crippen molar-refractivity contribution in [3.05, 3.63) is 82.7 Å². The minimum atomic E-state index is -0.697. The smallest absolute Gasteiger partial charge is 0.307 e. The summed E-state index contributed by atoms with van der Waals surface area (Å²) >= 11 is 0. The fourth-order valence-corrected chi connectivity index (χ4v) is 6.79. The van der Waals surface area contributed by atoms with Crippen LogP contribution in [-0.4, -0.2) is 25.3 Å². The number of aryl methyl sites for hydroxylation is 1. The van der Waals surface area contributed by atoms with E-state index in [4.69, 9.17) is 14.2 Å². The van der Waals surface area contributed by atoms with E-state index in [0.717, 1.165) is 60.1 Å². The third-order valence-corrected chi connectivity index (χ3v) is 8.82. The summed E-state index contributed by atoms with van der Waals surface area (Å²) in [4.78, 5) is 12.0. The fraction of sp³-hybridized carbons (Fsp3) is 0.441. The van der Waals surface area contributed by atoms with Gasteiger partial charge in [0, 0.05) is 18.1 Å². The van der Waals surface area contributed by atoms with Crippen molar-refractivity contribution in [2.45, 2.75) is 71.0 Å². The van der Waals surface area contributed by atoms with Gasteiger partial charge in [0.25, 0.3) is 0 Å². The van der Waals surface area contributed by atoms with Crippen molar-refractivity contribution in [2.75, 3.05) is 14.2 Å². The average molecular weight is 547 g/mol. The topological polar surface area (TPSA) is 65.0 Å². The fourth-order valence-electron chi connectivity index (χ4n) is 6.79. The predicted octanol–water partition coefficient (Wildman–Crippen LogP) is 7.88. The number of methoxy groups -OCH3 is 2. The van der Waals surface area contributed by atoms with Crippen molar-refractivity contribution >= 4 is 5.97 Å². The Kier molecular flexibility index (Phi) is 7.66. The van der Waals surface area contributed by atoms with Crippen LogP contribution in [-0.2, 0) is 28.0 Å². The van der Waals surface area contributed by atoms with E-state index in [9.17, 15) is 9.90 Å². The van der Waals surface area contributed by atoms with E-state index < -0.39 is 5.97 Å². The van der Waals surface area contributed by atoms with Gasteiger partial charge in [0.2, 0.25) is 0 Å². The molecule has 1 N–H and O–H groups in total. The Bertz CT molecular complexity index is 1410. The maximum Gasteiger partial charge on any atom is 0.307 e. The van der Waals surface area contributed by atoms with Crippen molar-refractivity contribution < 1.29 is 28.5 Å². The van der Waals surface area contributed by atoms with Crippen molar-refractivity contribution in [2.24, 2.45) is 11.3 Å². The van der Waals surface area contributed by atoms with Gasteiger partial charge in [-0.1, -0.05) is 39.0 Å². The second kappa shape index (κ2) is 10.9. The molecule has 1 saturated carbocycles. The average Bonchev–Trinajstić information content (AvgIpc) is 2.90. The molecule has 5 rings (SSSR count). The van der Waals surface area contributed by atoms with E-state index in [1.165, 1.54) is 11.6 Å². The molecule has 3 aromatic rings. The van der Waals surface area contributed by atoms with Crippen LogP contribution in [0.15, 0.2) is 54.6 Å². The van der Waals surface area contributed by atoms with Gasteiger partial charge in [-0.15, -0.1) is 0 Å². The zero-order chi connectivity index (χ0) is 28.7. The van der Waals surface area contributed by atoms with Gasteiger partial charge < -0.3 is 19.3 Å². The number of ether oxygens (including phenoxy) is 3. The minimum Gasteiger partial charge on any atom is -0.497 e. The number of aliphatic carboxylic acids is 1. The van der Waals surface area contributed by atoms with Crippen LogP contribution in [0, 0.1) is 17.2 Å². The number of hydrogen-bond acceptors (Lipinski definition) is 4. The summed E-state index contributed by atoms with van der Waals surface area (Å²) in [5, 5.41) is 9.83. The Morgan fingerprint density at radius 3 is 2.45 bits per heavy atom. The molecular formula is C34H39FO5. The highest BCUT2D eigenvalue weighted by Gasteiger charge is 2.53. The Morgan fingerprint density at radius 1 is 1.02 bits per heavy atom. The lowest BCUT2D eigenvalue weighted by atomic mass is 9.52. The van der Waals surface area contributed by atoms with Crippen LogP contribution in [0.3, 0.4) is 0 Å². The van der Waals surface area contributed by atoms with Crippen molar-refractivity contribution in [1.82, 2.24) is 0 Å². The first-order chi connectivity index (χ1) is 19.1. The largest absolute Gasteiger partial charge is 0.497 e. The van der Waals surface area contributed by atoms with Gasteiger partial charge in [0.05, 0.1) is 19.1 Å². The quantitative estimate of drug-likeness (QED) is 0.311. The highest BCUT2D eigenvalue weighted by Crippen LogP contribution is 2.56. The summed E-state index contributed by atoms with van der Waals surface area (Å²) in [7, 11) is 3.25. The zero-order valence-electron chi connectivity index (χ0n) is 24.1. The van der Waals surface area contributed by atoms with Gasteiger partial charge in [-0.05, 0) is 102 Å². The minimum absolute atomic E-state index is 0.241. The van der Waals surface area contributed by atoms with Gasteiger partial charge in [0.15, 0.2) is 0 Å². The molecule has 0 radical (unpaired) electrons. The number of carbonyl (C=O) groups is 1. The van der Waals surface area contributed by atoms with E-state index in [0.29, 0.717) is 17.9 Å². The predicted molar refractivity (Wildman–Crippen MR) is 153 cm³/mol. The monoisotopic (exact) mass is 546 g/mol. The van der Waals surface area contributed by atoms with Crippen LogP contribution in [0.1, 0.15) is 74.8 Å². The van der Waals surface area contributed by atoms with E-state index in [1.807, 2.05) is 24.3 Å². The Morgan fingerprint density at radius 2 is 1.80 bits per heavy atom. The number of fused-ring (bicyclic) bond motifs is 2. The van der Waals surface area contributed by atoms with Crippen LogP contribution in [0.5, 0.6) is 11.5 Å². The second-order valence-electron chi connectivity index (χ2n) is 12.3. The highest BCUT2D eigenvalue weighted by atomic mass is 19.1. The van der Waals surface area contributed by atoms with Gasteiger partial charge in [-0.25, -0.2) is 4.39 Å². The lowest BCUT2D eigenvalue weighted by Gasteiger charge is -2.51. The SMILES string of the molecule is COc1ccc(F)c(-c2ccc(COc3ccc4c(c3)[C@]3(CCC4)CC[C@@H]3C(=O)O)cc2[C@@H](OC)C(C)(C)C)c1. The molecule has 212 valence electrons. The highest BCUT2D eigenvalue weighted by molar-refractivity contribution is 5.75. The molecule has 0 saturated heterocycles. The standard InChI is InChI=1S/C34H39FO5/c1-33(2,3)31(39-5)27-17-21(8-12-25(27)26-18-23(38-4)11-13-30(26)35)20-40-24-10-9-22-7-6-15-34(29(22)19-24)16-14-28(34)32(36)37/h8-13,17-19,28,31H,6-7,14-16,20H2,1-5H3,(H,36,37)/t28-,31-,34-/m1/s1. The normalized spacial score (nSPS) is 20.9. The molecule has 2 aliphatic rings. The summed E-state index contributed by atoms with van der Waals surface area (Å²) < 4.78 is 32.7. The van der Waals surface area contributed by atoms with Gasteiger partial charge >= 0.3 is 5.97 Å². The molecule has 0 aliphatic heterocycles. The van der Waals surface area contributed by atoms with E-state index in [2.05, 4.69) is 32.9 Å². The van der Waals surface area contributed by atoms with Crippen molar-refractivity contribution in [3.63, 3.8) is 0 Å². The Hall–Kier alpha value is -3.38. The van der Waals surface area contributed by atoms with E-state index in [1.54, 1.807) is 26.4 Å². The molecule has 3 aromatic carbocycles. The summed E-state index contributed by atoms with van der Waals surface area (Å²) in [5.41, 5.74) is 4.90. The molecule has 40 heavy (non-hydrogen) atoms. The lowest BCUT2D eigenvalue weighted by Crippen LogP contribution is -2.50. The van der Waals surface area contributed by atoms with Crippen molar-refractivity contribution in [1.29, 1.82) is 0 Å². The molecule has 2 aliphatic carbocycles. The Labute approximate surface area is 236 Å². The van der Waals surface area contributed by atoms with Crippen LogP contribution in [0.25, 0.3) is 11.1 Å². The first-order valence-electron chi connectivity index (χ1n) is 14.1. The molecule has 5 nitrogen and oxygen atoms in total. The van der Waals surface area contributed by atoms with E-state index >= 15 is 4.39 Å². The number of rotatable bonds is 8. The van der Waals surface area contributed by atoms with Crippen LogP contribution < -0.4 is 9.47 Å². The molecule has 0 aromatic heterocycles. The maximum absolute atomic E-state index is 15.1. The zero-order valence-corrected chi connectivity index (χ0v) is 24.1. The molecule has 1 fully saturated rings. The number of carboxylic acid groups (broad SMARTS) is 1. The molecule has 1 spiro atoms. The van der Waals surface area contributed by atoms with E-state index in [-0.39, 0.29) is 28.7 Å². The van der Waals surface area contributed by atoms with Gasteiger partial charge in [-0.2, -0.15) is 0 Å². The van der Waals surface area contributed by atoms with Gasteiger partial charge in [-0.3, -0.25) is 4.79 Å². The molecule has 0 unspecified atom stereocenters. The lowest BCUT2D eigenvalue weighted by molar-refractivity contribution is -0.150. The first-order valence-corrected chi connectivity index (χ1v) is 14.1. The third-order valence-electron chi connectivity index (χ3n) is 8.82. The summed E-state index contributed by atoms with van der Waals surface area (Å²) in [6.45, 7) is 6.63. The molecular weight excluding hydrogens is 507 g/mol. The second-order valence-corrected chi connectivity index (χ2v) is 12.3. The summed E-state index contributed by atoms with van der Waals surface area (Å²) in [6, 6.07) is 16.8. The number of benzene rings is 3. The van der Waals surface area contributed by atoms with Gasteiger partial charge in [0.1, 0.15) is 23.9 Å². The summed E-state index contributed by atoms with van der Waals surface area (Å²) in [6.07, 6.45) is 4.27. The number of halogens is 1. The molecule has 6 heteroatoms. The van der Waals surface area contributed by atoms with Crippen LogP contribution in [0.4, 0.5) is 4.39 Å². The van der Waals surface area contributed by atoms with Crippen molar-refractivity contribution in [3.8, 4) is 22.6 Å². The van der Waals surface area contributed by atoms with Crippen LogP contribution >= 0.6 is 0 Å². The van der Waals surface area contributed by atoms with Crippen LogP contribution in [0.2, 0.25) is 0 Å².